The van der Waals surface area contributed by atoms with Gasteiger partial charge in [-0.25, -0.2) is 9.97 Å². The molecule has 3 heterocycles. The molecule has 21 heavy (non-hydrogen) atoms. The molecule has 0 unspecified atom stereocenters. The molecule has 0 aromatic carbocycles. The van der Waals surface area contributed by atoms with Gasteiger partial charge in [-0.15, -0.1) is 23.7 Å². The highest BCUT2D eigenvalue weighted by Crippen LogP contribution is 2.30. The number of nitrogens with one attached hydrogen (secondary N) is 1. The highest BCUT2D eigenvalue weighted by Gasteiger charge is 2.11. The number of aryl methyl sites for hydroxylation is 1. The second-order valence-electron chi connectivity index (χ2n) is 4.72. The number of hydrogen-bond donors (Lipinski definition) is 1. The molecular formula is C15H17ClN4S. The van der Waals surface area contributed by atoms with Gasteiger partial charge in [0.15, 0.2) is 5.13 Å². The molecule has 0 bridgehead atoms. The van der Waals surface area contributed by atoms with Crippen molar-refractivity contribution in [3.8, 4) is 11.3 Å². The van der Waals surface area contributed by atoms with Crippen LogP contribution in [0.4, 0.5) is 10.9 Å². The number of rotatable bonds is 3. The fraction of sp³-hybridized carbons (Fsp3) is 0.200. The van der Waals surface area contributed by atoms with Gasteiger partial charge in [0.1, 0.15) is 5.82 Å². The predicted molar refractivity (Wildman–Crippen MR) is 90.8 cm³/mol. The standard InChI is InChI=1S/C15H16N4S.ClH/c1-10-8-12(11(2)19(10)3)13-9-20-15(17-13)18-14-6-4-5-7-16-14;/h4-9H,1-3H3,(H,16,17,18);1H. The van der Waals surface area contributed by atoms with Crippen molar-refractivity contribution in [1.82, 2.24) is 14.5 Å². The van der Waals surface area contributed by atoms with E-state index < -0.39 is 0 Å². The summed E-state index contributed by atoms with van der Waals surface area (Å²) < 4.78 is 2.18. The maximum atomic E-state index is 4.65. The van der Waals surface area contributed by atoms with E-state index in [9.17, 15) is 0 Å². The molecule has 0 spiro atoms. The maximum Gasteiger partial charge on any atom is 0.188 e. The van der Waals surface area contributed by atoms with Crippen LogP contribution in [0.1, 0.15) is 11.4 Å². The minimum Gasteiger partial charge on any atom is -0.351 e. The molecule has 0 aliphatic carbocycles. The van der Waals surface area contributed by atoms with Crippen molar-refractivity contribution in [3.63, 3.8) is 0 Å². The summed E-state index contributed by atoms with van der Waals surface area (Å²) in [5.41, 5.74) is 4.67. The summed E-state index contributed by atoms with van der Waals surface area (Å²) in [5, 5.41) is 6.16. The Morgan fingerprint density at radius 2 is 2.05 bits per heavy atom. The minimum absolute atomic E-state index is 0. The average Bonchev–Trinajstić information content (AvgIpc) is 3.01. The number of hydrogen-bond acceptors (Lipinski definition) is 4. The van der Waals surface area contributed by atoms with Crippen molar-refractivity contribution < 1.29 is 0 Å². The minimum atomic E-state index is 0. The van der Waals surface area contributed by atoms with Crippen molar-refractivity contribution in [1.29, 1.82) is 0 Å². The average molecular weight is 321 g/mol. The van der Waals surface area contributed by atoms with Gasteiger partial charge >= 0.3 is 0 Å². The highest BCUT2D eigenvalue weighted by atomic mass is 35.5. The summed E-state index contributed by atoms with van der Waals surface area (Å²) in [6, 6.07) is 7.96. The summed E-state index contributed by atoms with van der Waals surface area (Å²) in [5.74, 6) is 0.814. The van der Waals surface area contributed by atoms with Crippen LogP contribution < -0.4 is 5.32 Å². The van der Waals surface area contributed by atoms with E-state index in [1.54, 1.807) is 17.5 Å². The van der Waals surface area contributed by atoms with Crippen LogP contribution in [-0.4, -0.2) is 14.5 Å². The summed E-state index contributed by atoms with van der Waals surface area (Å²) in [7, 11) is 2.08. The second kappa shape index (κ2) is 6.28. The molecule has 3 rings (SSSR count). The summed E-state index contributed by atoms with van der Waals surface area (Å²) in [6.07, 6.45) is 1.77. The van der Waals surface area contributed by atoms with E-state index in [-0.39, 0.29) is 12.4 Å². The van der Waals surface area contributed by atoms with Gasteiger partial charge in [0.2, 0.25) is 0 Å². The van der Waals surface area contributed by atoms with Gasteiger partial charge < -0.3 is 9.88 Å². The van der Waals surface area contributed by atoms with Crippen molar-refractivity contribution >= 4 is 34.7 Å². The largest absolute Gasteiger partial charge is 0.351 e. The van der Waals surface area contributed by atoms with E-state index in [2.05, 4.69) is 52.2 Å². The smallest absolute Gasteiger partial charge is 0.188 e. The fourth-order valence-electron chi connectivity index (χ4n) is 2.12. The van der Waals surface area contributed by atoms with E-state index in [4.69, 9.17) is 0 Å². The molecule has 6 heteroatoms. The Hall–Kier alpha value is -1.85. The van der Waals surface area contributed by atoms with Crippen molar-refractivity contribution in [2.24, 2.45) is 7.05 Å². The van der Waals surface area contributed by atoms with Crippen LogP contribution in [-0.2, 0) is 7.05 Å². The topological polar surface area (TPSA) is 42.7 Å². The van der Waals surface area contributed by atoms with Crippen molar-refractivity contribution in [2.45, 2.75) is 13.8 Å². The first-order valence-electron chi connectivity index (χ1n) is 6.42. The van der Waals surface area contributed by atoms with Crippen LogP contribution in [0.5, 0.6) is 0 Å². The van der Waals surface area contributed by atoms with E-state index >= 15 is 0 Å². The Kier molecular flexibility index (Phi) is 4.65. The number of halogens is 1. The fourth-order valence-corrected chi connectivity index (χ4v) is 2.83. The number of aromatic nitrogens is 3. The van der Waals surface area contributed by atoms with Gasteiger partial charge in [0, 0.05) is 35.6 Å². The van der Waals surface area contributed by atoms with Crippen LogP contribution in [0, 0.1) is 13.8 Å². The Balaban J connectivity index is 0.00000161. The SMILES string of the molecule is Cc1cc(-c2csc(Nc3ccccn3)n2)c(C)n1C.Cl. The second-order valence-corrected chi connectivity index (χ2v) is 5.58. The van der Waals surface area contributed by atoms with Crippen molar-refractivity contribution in [2.75, 3.05) is 5.32 Å². The molecule has 0 saturated carbocycles. The van der Waals surface area contributed by atoms with Gasteiger partial charge in [0.25, 0.3) is 0 Å². The highest BCUT2D eigenvalue weighted by molar-refractivity contribution is 7.14. The Bertz CT molecular complexity index is 733. The van der Waals surface area contributed by atoms with E-state index in [1.807, 2.05) is 18.2 Å². The first-order valence-corrected chi connectivity index (χ1v) is 7.30. The van der Waals surface area contributed by atoms with Gasteiger partial charge in [-0.1, -0.05) is 6.07 Å². The molecule has 4 nitrogen and oxygen atoms in total. The predicted octanol–water partition coefficient (Wildman–Crippen LogP) is 4.33. The molecule has 0 amide bonds. The third-order valence-corrected chi connectivity index (χ3v) is 4.21. The number of anilines is 2. The molecule has 0 radical (unpaired) electrons. The molecule has 0 fully saturated rings. The Labute approximate surface area is 134 Å². The lowest BCUT2D eigenvalue weighted by Gasteiger charge is -2.01. The van der Waals surface area contributed by atoms with Crippen LogP contribution in [0.3, 0.4) is 0 Å². The molecule has 0 atom stereocenters. The monoisotopic (exact) mass is 320 g/mol. The number of nitrogens with zero attached hydrogens (tertiary/aromatic N) is 3. The zero-order valence-corrected chi connectivity index (χ0v) is 13.8. The van der Waals surface area contributed by atoms with Gasteiger partial charge in [0.05, 0.1) is 5.69 Å². The summed E-state index contributed by atoms with van der Waals surface area (Å²) in [4.78, 5) is 8.89. The normalized spacial score (nSPS) is 10.2. The first-order chi connectivity index (χ1) is 9.65. The van der Waals surface area contributed by atoms with E-state index in [0.29, 0.717) is 0 Å². The Morgan fingerprint density at radius 1 is 1.24 bits per heavy atom. The summed E-state index contributed by atoms with van der Waals surface area (Å²) >= 11 is 1.59. The lowest BCUT2D eigenvalue weighted by atomic mass is 10.2. The number of thiazole rings is 1. The Morgan fingerprint density at radius 3 is 2.67 bits per heavy atom. The van der Waals surface area contributed by atoms with Crippen LogP contribution in [0.15, 0.2) is 35.8 Å². The molecular weight excluding hydrogens is 304 g/mol. The molecule has 3 aromatic heterocycles. The van der Waals surface area contributed by atoms with Crippen molar-refractivity contribution in [3.05, 3.63) is 47.2 Å². The molecule has 1 N–H and O–H groups in total. The first kappa shape index (κ1) is 15.5. The third-order valence-electron chi connectivity index (χ3n) is 3.46. The lowest BCUT2D eigenvalue weighted by Crippen LogP contribution is -1.93. The van der Waals surface area contributed by atoms with Crippen LogP contribution in [0.2, 0.25) is 0 Å². The maximum absolute atomic E-state index is 4.65. The quantitative estimate of drug-likeness (QED) is 0.781. The molecule has 3 aromatic rings. The van der Waals surface area contributed by atoms with E-state index in [1.165, 1.54) is 17.0 Å². The van der Waals surface area contributed by atoms with Crippen LogP contribution >= 0.6 is 23.7 Å². The third kappa shape index (κ3) is 3.09. The van der Waals surface area contributed by atoms with E-state index in [0.717, 1.165) is 16.6 Å². The molecule has 0 saturated heterocycles. The summed E-state index contributed by atoms with van der Waals surface area (Å²) in [6.45, 7) is 4.23. The number of pyridine rings is 1. The lowest BCUT2D eigenvalue weighted by molar-refractivity contribution is 0.845. The zero-order valence-electron chi connectivity index (χ0n) is 12.1. The molecule has 0 aliphatic rings. The molecule has 0 aliphatic heterocycles. The van der Waals surface area contributed by atoms with Gasteiger partial charge in [-0.3, -0.25) is 0 Å². The van der Waals surface area contributed by atoms with Gasteiger partial charge in [-0.2, -0.15) is 0 Å². The zero-order chi connectivity index (χ0) is 14.1. The van der Waals surface area contributed by atoms with Crippen LogP contribution in [0.25, 0.3) is 11.3 Å². The molecule has 110 valence electrons. The van der Waals surface area contributed by atoms with Gasteiger partial charge in [-0.05, 0) is 32.0 Å².